The zero-order valence-corrected chi connectivity index (χ0v) is 13.2. The molecule has 108 valence electrons. The number of aromatic nitrogens is 2. The standard InChI is InChI=1S/C16H16BrN3O/c17-14-5-3-12(4-6-14)8-13-9-18-11-19-16(13)20-7-1-2-15(21)10-20/h3-6,9,11H,1-2,7-8,10H2. The molecule has 21 heavy (non-hydrogen) atoms. The van der Waals surface area contributed by atoms with E-state index in [1.807, 2.05) is 18.3 Å². The number of benzene rings is 1. The number of carbonyl (C=O) groups excluding carboxylic acids is 1. The number of Topliss-reactive ketones (excluding diaryl/α,β-unsaturated/α-hetero) is 1. The molecule has 5 heteroatoms. The van der Waals surface area contributed by atoms with E-state index in [-0.39, 0.29) is 5.78 Å². The Morgan fingerprint density at radius 2 is 2.05 bits per heavy atom. The van der Waals surface area contributed by atoms with E-state index in [0.717, 1.165) is 35.2 Å². The normalized spacial score (nSPS) is 15.3. The topological polar surface area (TPSA) is 46.1 Å². The third-order valence-corrected chi connectivity index (χ3v) is 4.15. The van der Waals surface area contributed by atoms with E-state index in [1.165, 1.54) is 5.56 Å². The molecular formula is C16H16BrN3O. The largest absolute Gasteiger partial charge is 0.349 e. The fourth-order valence-corrected chi connectivity index (χ4v) is 2.87. The van der Waals surface area contributed by atoms with Crippen molar-refractivity contribution in [2.75, 3.05) is 18.0 Å². The molecule has 1 aromatic heterocycles. The lowest BCUT2D eigenvalue weighted by atomic mass is 10.0. The van der Waals surface area contributed by atoms with E-state index >= 15 is 0 Å². The Morgan fingerprint density at radius 1 is 1.24 bits per heavy atom. The fourth-order valence-electron chi connectivity index (χ4n) is 2.60. The number of hydrogen-bond acceptors (Lipinski definition) is 4. The van der Waals surface area contributed by atoms with E-state index in [2.05, 4.69) is 42.9 Å². The number of carbonyl (C=O) groups is 1. The average Bonchev–Trinajstić information content (AvgIpc) is 2.50. The van der Waals surface area contributed by atoms with Crippen LogP contribution in [0.3, 0.4) is 0 Å². The Hall–Kier alpha value is -1.75. The lowest BCUT2D eigenvalue weighted by molar-refractivity contribution is -0.118. The molecule has 1 aliphatic rings. The maximum atomic E-state index is 11.7. The fraction of sp³-hybridized carbons (Fsp3) is 0.312. The van der Waals surface area contributed by atoms with Gasteiger partial charge >= 0.3 is 0 Å². The predicted octanol–water partition coefficient (Wildman–Crippen LogP) is 3.00. The third kappa shape index (κ3) is 3.47. The van der Waals surface area contributed by atoms with Gasteiger partial charge in [0.15, 0.2) is 5.78 Å². The SMILES string of the molecule is O=C1CCCN(c2ncncc2Cc2ccc(Br)cc2)C1. The first-order valence-corrected chi connectivity index (χ1v) is 7.81. The molecular weight excluding hydrogens is 330 g/mol. The van der Waals surface area contributed by atoms with Gasteiger partial charge in [0.05, 0.1) is 6.54 Å². The van der Waals surface area contributed by atoms with Gasteiger partial charge in [-0.25, -0.2) is 9.97 Å². The summed E-state index contributed by atoms with van der Waals surface area (Å²) in [4.78, 5) is 22.3. The van der Waals surface area contributed by atoms with Crippen molar-refractivity contribution in [2.45, 2.75) is 19.3 Å². The van der Waals surface area contributed by atoms with Crippen LogP contribution in [0.25, 0.3) is 0 Å². The highest BCUT2D eigenvalue weighted by atomic mass is 79.9. The minimum atomic E-state index is 0.287. The molecule has 0 N–H and O–H groups in total. The summed E-state index contributed by atoms with van der Waals surface area (Å²) in [5.74, 6) is 1.18. The number of rotatable bonds is 3. The van der Waals surface area contributed by atoms with Crippen LogP contribution in [-0.2, 0) is 11.2 Å². The minimum absolute atomic E-state index is 0.287. The van der Waals surface area contributed by atoms with Gasteiger partial charge in [0.2, 0.25) is 0 Å². The number of halogens is 1. The molecule has 1 aromatic carbocycles. The lowest BCUT2D eigenvalue weighted by Crippen LogP contribution is -2.36. The Kier molecular flexibility index (Phi) is 4.29. The lowest BCUT2D eigenvalue weighted by Gasteiger charge is -2.28. The van der Waals surface area contributed by atoms with Crippen LogP contribution in [0, 0.1) is 0 Å². The molecule has 0 spiro atoms. The van der Waals surface area contributed by atoms with Crippen molar-refractivity contribution in [3.8, 4) is 0 Å². The van der Waals surface area contributed by atoms with Crippen LogP contribution in [-0.4, -0.2) is 28.8 Å². The van der Waals surface area contributed by atoms with Crippen LogP contribution >= 0.6 is 15.9 Å². The van der Waals surface area contributed by atoms with E-state index in [0.29, 0.717) is 13.0 Å². The molecule has 3 rings (SSSR count). The molecule has 1 fully saturated rings. The van der Waals surface area contributed by atoms with Crippen molar-refractivity contribution >= 4 is 27.5 Å². The number of nitrogens with zero attached hydrogens (tertiary/aromatic N) is 3. The van der Waals surface area contributed by atoms with Crippen molar-refractivity contribution in [1.29, 1.82) is 0 Å². The summed E-state index contributed by atoms with van der Waals surface area (Å²) in [7, 11) is 0. The van der Waals surface area contributed by atoms with Crippen LogP contribution < -0.4 is 4.90 Å². The molecule has 0 aliphatic carbocycles. The second-order valence-corrected chi connectivity index (χ2v) is 6.15. The highest BCUT2D eigenvalue weighted by Crippen LogP contribution is 2.23. The zero-order valence-electron chi connectivity index (χ0n) is 11.6. The number of piperidine rings is 1. The molecule has 0 bridgehead atoms. The van der Waals surface area contributed by atoms with Crippen molar-refractivity contribution in [1.82, 2.24) is 9.97 Å². The summed E-state index contributed by atoms with van der Waals surface area (Å²) < 4.78 is 1.07. The first-order chi connectivity index (χ1) is 10.2. The van der Waals surface area contributed by atoms with Gasteiger partial charge in [-0.15, -0.1) is 0 Å². The smallest absolute Gasteiger partial charge is 0.152 e. The Balaban J connectivity index is 1.85. The maximum Gasteiger partial charge on any atom is 0.152 e. The molecule has 2 heterocycles. The molecule has 2 aromatic rings. The van der Waals surface area contributed by atoms with Gasteiger partial charge in [0.1, 0.15) is 12.1 Å². The summed E-state index contributed by atoms with van der Waals surface area (Å²) in [6, 6.07) is 8.23. The number of hydrogen-bond donors (Lipinski definition) is 0. The maximum absolute atomic E-state index is 11.7. The predicted molar refractivity (Wildman–Crippen MR) is 85.4 cm³/mol. The molecule has 4 nitrogen and oxygen atoms in total. The van der Waals surface area contributed by atoms with E-state index in [4.69, 9.17) is 0 Å². The van der Waals surface area contributed by atoms with Crippen LogP contribution in [0.5, 0.6) is 0 Å². The third-order valence-electron chi connectivity index (χ3n) is 3.62. The van der Waals surface area contributed by atoms with Crippen LogP contribution in [0.1, 0.15) is 24.0 Å². The van der Waals surface area contributed by atoms with Crippen molar-refractivity contribution in [3.63, 3.8) is 0 Å². The molecule has 1 saturated heterocycles. The summed E-state index contributed by atoms with van der Waals surface area (Å²) >= 11 is 3.44. The zero-order chi connectivity index (χ0) is 14.7. The van der Waals surface area contributed by atoms with Crippen LogP contribution in [0.2, 0.25) is 0 Å². The van der Waals surface area contributed by atoms with Gasteiger partial charge < -0.3 is 4.90 Å². The molecule has 0 amide bonds. The van der Waals surface area contributed by atoms with E-state index in [9.17, 15) is 4.79 Å². The van der Waals surface area contributed by atoms with Gasteiger partial charge in [-0.2, -0.15) is 0 Å². The summed E-state index contributed by atoms with van der Waals surface area (Å²) in [6.07, 6.45) is 5.77. The van der Waals surface area contributed by atoms with Gasteiger partial charge in [-0.3, -0.25) is 4.79 Å². The van der Waals surface area contributed by atoms with Crippen molar-refractivity contribution < 1.29 is 4.79 Å². The summed E-state index contributed by atoms with van der Waals surface area (Å²) in [5, 5.41) is 0. The highest BCUT2D eigenvalue weighted by Gasteiger charge is 2.20. The summed E-state index contributed by atoms with van der Waals surface area (Å²) in [5.41, 5.74) is 2.27. The highest BCUT2D eigenvalue weighted by molar-refractivity contribution is 9.10. The van der Waals surface area contributed by atoms with E-state index < -0.39 is 0 Å². The minimum Gasteiger partial charge on any atom is -0.349 e. The molecule has 0 atom stereocenters. The van der Waals surface area contributed by atoms with Gasteiger partial charge in [0, 0.05) is 35.6 Å². The monoisotopic (exact) mass is 345 g/mol. The molecule has 0 radical (unpaired) electrons. The quantitative estimate of drug-likeness (QED) is 0.857. The molecule has 0 unspecified atom stereocenters. The van der Waals surface area contributed by atoms with Crippen LogP contribution in [0.4, 0.5) is 5.82 Å². The molecule has 1 aliphatic heterocycles. The molecule has 0 saturated carbocycles. The summed E-state index contributed by atoms with van der Waals surface area (Å²) in [6.45, 7) is 1.35. The van der Waals surface area contributed by atoms with E-state index in [1.54, 1.807) is 6.33 Å². The number of ketones is 1. The van der Waals surface area contributed by atoms with Gasteiger partial charge in [-0.1, -0.05) is 28.1 Å². The van der Waals surface area contributed by atoms with Gasteiger partial charge in [0.25, 0.3) is 0 Å². The second kappa shape index (κ2) is 6.35. The number of anilines is 1. The average molecular weight is 346 g/mol. The Bertz CT molecular complexity index is 642. The van der Waals surface area contributed by atoms with Crippen molar-refractivity contribution in [2.24, 2.45) is 0 Å². The van der Waals surface area contributed by atoms with Crippen molar-refractivity contribution in [3.05, 3.63) is 52.4 Å². The first kappa shape index (κ1) is 14.2. The van der Waals surface area contributed by atoms with Crippen LogP contribution in [0.15, 0.2) is 41.3 Å². The second-order valence-electron chi connectivity index (χ2n) is 5.24. The Labute approximate surface area is 132 Å². The first-order valence-electron chi connectivity index (χ1n) is 7.02. The van der Waals surface area contributed by atoms with Gasteiger partial charge in [-0.05, 0) is 24.1 Å². The Morgan fingerprint density at radius 3 is 2.81 bits per heavy atom.